The van der Waals surface area contributed by atoms with Gasteiger partial charge in [-0.1, -0.05) is 22.9 Å². The lowest BCUT2D eigenvalue weighted by atomic mass is 10.1. The number of carbonyl (C=O) groups excluding carboxylic acids is 1. The first-order valence-corrected chi connectivity index (χ1v) is 6.80. The van der Waals surface area contributed by atoms with E-state index in [1.165, 1.54) is 0 Å². The molecule has 3 nitrogen and oxygen atoms in total. The van der Waals surface area contributed by atoms with Gasteiger partial charge in [0, 0.05) is 17.4 Å². The van der Waals surface area contributed by atoms with Gasteiger partial charge in [-0.2, -0.15) is 0 Å². The van der Waals surface area contributed by atoms with E-state index in [1.807, 2.05) is 0 Å². The molecule has 94 valence electrons. The van der Waals surface area contributed by atoms with E-state index in [1.54, 1.807) is 25.1 Å². The number of amides is 1. The van der Waals surface area contributed by atoms with E-state index in [4.69, 9.17) is 0 Å². The van der Waals surface area contributed by atoms with Crippen LogP contribution in [0, 0.1) is 12.8 Å². The number of phenolic OH excluding ortho intramolecular Hbond substituents is 1. The van der Waals surface area contributed by atoms with Gasteiger partial charge in [-0.25, -0.2) is 0 Å². The highest BCUT2D eigenvalue weighted by Gasteiger charge is 2.08. The molecule has 0 spiro atoms. The Morgan fingerprint density at radius 3 is 2.82 bits per heavy atom. The molecule has 1 aromatic carbocycles. The zero-order chi connectivity index (χ0) is 12.8. The Labute approximate surface area is 110 Å². The number of hydrogen-bond donors (Lipinski definition) is 2. The van der Waals surface area contributed by atoms with Gasteiger partial charge < -0.3 is 10.4 Å². The van der Waals surface area contributed by atoms with Crippen LogP contribution in [0.15, 0.2) is 18.2 Å². The summed E-state index contributed by atoms with van der Waals surface area (Å²) < 4.78 is 0. The van der Waals surface area contributed by atoms with Crippen molar-refractivity contribution in [2.75, 3.05) is 11.9 Å². The molecular weight excluding hydrogens is 282 g/mol. The minimum absolute atomic E-state index is 0.0884. The molecule has 2 N–H and O–H groups in total. The van der Waals surface area contributed by atoms with Gasteiger partial charge in [-0.3, -0.25) is 4.79 Å². The average molecular weight is 300 g/mol. The van der Waals surface area contributed by atoms with Crippen LogP contribution in [0.1, 0.15) is 29.3 Å². The Hall–Kier alpha value is -1.03. The predicted octanol–water partition coefficient (Wildman–Crippen LogP) is 2.85. The maximum atomic E-state index is 11.8. The van der Waals surface area contributed by atoms with Crippen LogP contribution in [-0.2, 0) is 0 Å². The molecule has 0 bridgehead atoms. The topological polar surface area (TPSA) is 49.3 Å². The van der Waals surface area contributed by atoms with E-state index in [-0.39, 0.29) is 11.7 Å². The van der Waals surface area contributed by atoms with Crippen LogP contribution in [0.5, 0.6) is 5.75 Å². The van der Waals surface area contributed by atoms with Crippen LogP contribution in [0.25, 0.3) is 0 Å². The van der Waals surface area contributed by atoms with Crippen molar-refractivity contribution >= 4 is 21.8 Å². The van der Waals surface area contributed by atoms with Crippen molar-refractivity contribution in [3.8, 4) is 5.75 Å². The smallest absolute Gasteiger partial charge is 0.251 e. The molecule has 0 aromatic heterocycles. The van der Waals surface area contributed by atoms with Crippen molar-refractivity contribution in [3.63, 3.8) is 0 Å². The summed E-state index contributed by atoms with van der Waals surface area (Å²) >= 11 is 3.38. The number of phenols is 1. The van der Waals surface area contributed by atoms with Crippen molar-refractivity contribution in [1.82, 2.24) is 5.32 Å². The number of nitrogens with one attached hydrogen (secondary N) is 1. The van der Waals surface area contributed by atoms with Crippen molar-refractivity contribution < 1.29 is 9.90 Å². The largest absolute Gasteiger partial charge is 0.508 e. The number of hydrogen-bond acceptors (Lipinski definition) is 2. The first-order valence-electron chi connectivity index (χ1n) is 5.68. The molecule has 0 aliphatic rings. The Morgan fingerprint density at radius 2 is 2.24 bits per heavy atom. The van der Waals surface area contributed by atoms with E-state index in [0.717, 1.165) is 11.8 Å². The third-order valence-corrected chi connectivity index (χ3v) is 3.13. The normalized spacial score (nSPS) is 12.2. The molecule has 4 heteroatoms. The summed E-state index contributed by atoms with van der Waals surface area (Å²) in [4.78, 5) is 11.8. The van der Waals surface area contributed by atoms with Gasteiger partial charge in [0.25, 0.3) is 5.91 Å². The first-order chi connectivity index (χ1) is 8.04. The first kappa shape index (κ1) is 14.0. The number of alkyl halides is 1. The molecule has 1 atom stereocenters. The second kappa shape index (κ2) is 6.64. The monoisotopic (exact) mass is 299 g/mol. The van der Waals surface area contributed by atoms with Crippen LogP contribution < -0.4 is 5.32 Å². The summed E-state index contributed by atoms with van der Waals surface area (Å²) in [5.41, 5.74) is 1.30. The van der Waals surface area contributed by atoms with Crippen LogP contribution in [0.3, 0.4) is 0 Å². The van der Waals surface area contributed by atoms with E-state index < -0.39 is 0 Å². The maximum absolute atomic E-state index is 11.8. The molecular formula is C13H18BrNO2. The van der Waals surface area contributed by atoms with Gasteiger partial charge in [-0.05, 0) is 43.0 Å². The predicted molar refractivity (Wildman–Crippen MR) is 72.8 cm³/mol. The minimum atomic E-state index is -0.0884. The molecule has 0 saturated carbocycles. The average Bonchev–Trinajstić information content (AvgIpc) is 2.30. The van der Waals surface area contributed by atoms with Crippen LogP contribution >= 0.6 is 15.9 Å². The Bertz CT molecular complexity index is 393. The molecule has 1 aromatic rings. The van der Waals surface area contributed by atoms with E-state index in [0.29, 0.717) is 23.6 Å². The lowest BCUT2D eigenvalue weighted by Crippen LogP contribution is -2.28. The number of carbonyl (C=O) groups is 1. The van der Waals surface area contributed by atoms with E-state index >= 15 is 0 Å². The van der Waals surface area contributed by atoms with Gasteiger partial charge in [-0.15, -0.1) is 0 Å². The zero-order valence-electron chi connectivity index (χ0n) is 10.2. The summed E-state index contributed by atoms with van der Waals surface area (Å²) in [5, 5.41) is 13.2. The molecule has 1 amide bonds. The zero-order valence-corrected chi connectivity index (χ0v) is 11.8. The molecule has 17 heavy (non-hydrogen) atoms. The molecule has 0 fully saturated rings. The molecule has 1 rings (SSSR count). The molecule has 0 saturated heterocycles. The van der Waals surface area contributed by atoms with Crippen LogP contribution in [0.2, 0.25) is 0 Å². The summed E-state index contributed by atoms with van der Waals surface area (Å²) in [7, 11) is 0. The number of rotatable bonds is 5. The van der Waals surface area contributed by atoms with Crippen molar-refractivity contribution in [3.05, 3.63) is 29.3 Å². The van der Waals surface area contributed by atoms with Gasteiger partial charge in [0.05, 0.1) is 0 Å². The fraction of sp³-hybridized carbons (Fsp3) is 0.462. The Balaban J connectivity index is 2.55. The van der Waals surface area contributed by atoms with Crippen molar-refractivity contribution in [1.29, 1.82) is 0 Å². The van der Waals surface area contributed by atoms with Gasteiger partial charge in [0.15, 0.2) is 0 Å². The van der Waals surface area contributed by atoms with Gasteiger partial charge >= 0.3 is 0 Å². The molecule has 0 radical (unpaired) electrons. The van der Waals surface area contributed by atoms with Gasteiger partial charge in [0.1, 0.15) is 5.75 Å². The summed E-state index contributed by atoms with van der Waals surface area (Å²) in [6.45, 7) is 4.55. The Kier molecular flexibility index (Phi) is 5.48. The Morgan fingerprint density at radius 1 is 1.53 bits per heavy atom. The van der Waals surface area contributed by atoms with Crippen molar-refractivity contribution in [2.24, 2.45) is 5.92 Å². The standard InChI is InChI=1S/C13H18BrNO2/c1-9(5-6-14)8-15-13(17)11-3-4-12(16)10(2)7-11/h3-4,7,9,16H,5-6,8H2,1-2H3,(H,15,17). The molecule has 0 heterocycles. The highest BCUT2D eigenvalue weighted by molar-refractivity contribution is 9.09. The number of benzene rings is 1. The summed E-state index contributed by atoms with van der Waals surface area (Å²) in [6.07, 6.45) is 1.04. The number of aryl methyl sites for hydroxylation is 1. The van der Waals surface area contributed by atoms with E-state index in [9.17, 15) is 9.90 Å². The minimum Gasteiger partial charge on any atom is -0.508 e. The number of halogens is 1. The van der Waals surface area contributed by atoms with Crippen LogP contribution in [0.4, 0.5) is 0 Å². The molecule has 1 unspecified atom stereocenters. The lowest BCUT2D eigenvalue weighted by molar-refractivity contribution is 0.0948. The second-order valence-corrected chi connectivity index (χ2v) is 5.09. The fourth-order valence-electron chi connectivity index (χ4n) is 1.45. The highest BCUT2D eigenvalue weighted by atomic mass is 79.9. The third-order valence-electron chi connectivity index (χ3n) is 2.67. The van der Waals surface area contributed by atoms with Crippen molar-refractivity contribution in [2.45, 2.75) is 20.3 Å². The second-order valence-electron chi connectivity index (χ2n) is 4.29. The summed E-state index contributed by atoms with van der Waals surface area (Å²) in [5.74, 6) is 0.584. The van der Waals surface area contributed by atoms with Gasteiger partial charge in [0.2, 0.25) is 0 Å². The maximum Gasteiger partial charge on any atom is 0.251 e. The summed E-state index contributed by atoms with van der Waals surface area (Å²) in [6, 6.07) is 4.87. The lowest BCUT2D eigenvalue weighted by Gasteiger charge is -2.11. The quantitative estimate of drug-likeness (QED) is 0.822. The molecule has 0 aliphatic carbocycles. The van der Waals surface area contributed by atoms with E-state index in [2.05, 4.69) is 28.2 Å². The SMILES string of the molecule is Cc1cc(C(=O)NCC(C)CCBr)ccc1O. The molecule has 0 aliphatic heterocycles. The third kappa shape index (κ3) is 4.38. The van der Waals surface area contributed by atoms with Crippen LogP contribution in [-0.4, -0.2) is 22.9 Å². The fourth-order valence-corrected chi connectivity index (χ4v) is 2.24. The highest BCUT2D eigenvalue weighted by Crippen LogP contribution is 2.16. The number of aromatic hydroxyl groups is 1.